The molecule has 0 radical (unpaired) electrons. The van der Waals surface area contributed by atoms with Gasteiger partial charge in [-0.15, -0.1) is 0 Å². The van der Waals surface area contributed by atoms with E-state index >= 15 is 0 Å². The Morgan fingerprint density at radius 3 is 2.86 bits per heavy atom. The van der Waals surface area contributed by atoms with Crippen molar-refractivity contribution >= 4 is 16.9 Å². The van der Waals surface area contributed by atoms with Crippen molar-refractivity contribution in [3.8, 4) is 0 Å². The second-order valence-corrected chi connectivity index (χ2v) is 4.62. The van der Waals surface area contributed by atoms with Gasteiger partial charge in [0, 0.05) is 19.4 Å². The summed E-state index contributed by atoms with van der Waals surface area (Å²) >= 11 is 1.04. The van der Waals surface area contributed by atoms with Gasteiger partial charge in [0.05, 0.1) is 12.7 Å². The molecule has 14 heavy (non-hydrogen) atoms. The maximum atomic E-state index is 10.8. The van der Waals surface area contributed by atoms with E-state index in [4.69, 9.17) is 15.6 Å². The Morgan fingerprint density at radius 2 is 2.36 bits per heavy atom. The van der Waals surface area contributed by atoms with Gasteiger partial charge in [0.2, 0.25) is 0 Å². The number of hydrogen-bond donors (Lipinski definition) is 3. The Labute approximate surface area is 86.6 Å². The van der Waals surface area contributed by atoms with Gasteiger partial charge in [0.25, 0.3) is 0 Å². The third kappa shape index (κ3) is 2.93. The van der Waals surface area contributed by atoms with Crippen molar-refractivity contribution in [2.24, 2.45) is 5.73 Å². The van der Waals surface area contributed by atoms with Crippen LogP contribution in [0.25, 0.3) is 0 Å². The molecule has 1 aliphatic rings. The van der Waals surface area contributed by atoms with E-state index in [1.54, 1.807) is 0 Å². The summed E-state index contributed by atoms with van der Waals surface area (Å²) in [6.45, 7) is 1.16. The fourth-order valence-electron chi connectivity index (χ4n) is 1.38. The van der Waals surface area contributed by atoms with E-state index in [9.17, 15) is 9.90 Å². The SMILES string of the molecule is CC(=O)SC1CC(N)C(O)C(CO)O1. The first-order chi connectivity index (χ1) is 6.54. The van der Waals surface area contributed by atoms with Crippen LogP contribution >= 0.6 is 11.8 Å². The number of thioether (sulfide) groups is 1. The summed E-state index contributed by atoms with van der Waals surface area (Å²) in [7, 11) is 0. The highest BCUT2D eigenvalue weighted by Gasteiger charge is 2.35. The fourth-order valence-corrected chi connectivity index (χ4v) is 2.27. The van der Waals surface area contributed by atoms with E-state index in [2.05, 4.69) is 0 Å². The average Bonchev–Trinajstić information content (AvgIpc) is 2.10. The van der Waals surface area contributed by atoms with Crippen LogP contribution in [0.5, 0.6) is 0 Å². The van der Waals surface area contributed by atoms with Gasteiger partial charge in [0.15, 0.2) is 5.12 Å². The van der Waals surface area contributed by atoms with Gasteiger partial charge in [-0.05, 0) is 0 Å². The number of aliphatic hydroxyl groups is 2. The van der Waals surface area contributed by atoms with Crippen LogP contribution in [0, 0.1) is 0 Å². The minimum absolute atomic E-state index is 0.0599. The number of carbonyl (C=O) groups excluding carboxylic acids is 1. The molecule has 0 spiro atoms. The van der Waals surface area contributed by atoms with Crippen molar-refractivity contribution in [3.63, 3.8) is 0 Å². The Hall–Kier alpha value is -0.140. The molecule has 1 aliphatic heterocycles. The Morgan fingerprint density at radius 1 is 1.71 bits per heavy atom. The van der Waals surface area contributed by atoms with Crippen LogP contribution in [0.1, 0.15) is 13.3 Å². The van der Waals surface area contributed by atoms with Crippen molar-refractivity contribution in [2.45, 2.75) is 37.0 Å². The minimum atomic E-state index is -0.858. The van der Waals surface area contributed by atoms with Crippen LogP contribution in [0.4, 0.5) is 0 Å². The highest BCUT2D eigenvalue weighted by atomic mass is 32.2. The molecule has 0 aromatic rings. The van der Waals surface area contributed by atoms with Gasteiger partial charge in [-0.25, -0.2) is 0 Å². The quantitative estimate of drug-likeness (QED) is 0.557. The predicted octanol–water partition coefficient (Wildman–Crippen LogP) is -0.938. The van der Waals surface area contributed by atoms with Gasteiger partial charge in [0.1, 0.15) is 11.5 Å². The largest absolute Gasteiger partial charge is 0.394 e. The Balaban J connectivity index is 2.53. The molecule has 0 amide bonds. The van der Waals surface area contributed by atoms with Crippen molar-refractivity contribution < 1.29 is 19.7 Å². The topological polar surface area (TPSA) is 92.8 Å². The second kappa shape index (κ2) is 5.09. The summed E-state index contributed by atoms with van der Waals surface area (Å²) in [6.07, 6.45) is -1.12. The molecule has 0 aromatic carbocycles. The first-order valence-corrected chi connectivity index (χ1v) is 5.29. The molecule has 1 fully saturated rings. The monoisotopic (exact) mass is 221 g/mol. The van der Waals surface area contributed by atoms with Crippen molar-refractivity contribution in [3.05, 3.63) is 0 Å². The zero-order chi connectivity index (χ0) is 10.7. The minimum Gasteiger partial charge on any atom is -0.394 e. The third-order valence-corrected chi connectivity index (χ3v) is 2.99. The van der Waals surface area contributed by atoms with Gasteiger partial charge in [-0.3, -0.25) is 4.79 Å². The lowest BCUT2D eigenvalue weighted by atomic mass is 10.0. The molecule has 1 rings (SSSR count). The molecule has 1 heterocycles. The third-order valence-electron chi connectivity index (χ3n) is 2.09. The highest BCUT2D eigenvalue weighted by Crippen LogP contribution is 2.27. The average molecular weight is 221 g/mol. The van der Waals surface area contributed by atoms with Gasteiger partial charge < -0.3 is 20.7 Å². The Bertz CT molecular complexity index is 214. The van der Waals surface area contributed by atoms with E-state index < -0.39 is 18.2 Å². The number of hydrogen-bond acceptors (Lipinski definition) is 6. The maximum absolute atomic E-state index is 10.8. The smallest absolute Gasteiger partial charge is 0.188 e. The number of ether oxygens (including phenoxy) is 1. The van der Waals surface area contributed by atoms with Crippen molar-refractivity contribution in [2.75, 3.05) is 6.61 Å². The van der Waals surface area contributed by atoms with Crippen LogP contribution in [-0.2, 0) is 9.53 Å². The van der Waals surface area contributed by atoms with Gasteiger partial charge in [-0.2, -0.15) is 0 Å². The molecule has 0 bridgehead atoms. The zero-order valence-corrected chi connectivity index (χ0v) is 8.74. The van der Waals surface area contributed by atoms with E-state index in [0.29, 0.717) is 6.42 Å². The van der Waals surface area contributed by atoms with E-state index in [1.807, 2.05) is 0 Å². The number of rotatable bonds is 2. The normalized spacial score (nSPS) is 38.3. The second-order valence-electron chi connectivity index (χ2n) is 3.29. The van der Waals surface area contributed by atoms with Gasteiger partial charge in [-0.1, -0.05) is 11.8 Å². The highest BCUT2D eigenvalue weighted by molar-refractivity contribution is 8.13. The summed E-state index contributed by atoms with van der Waals surface area (Å²) in [6, 6.07) is -0.447. The summed E-state index contributed by atoms with van der Waals surface area (Å²) in [4.78, 5) is 10.8. The fraction of sp³-hybridized carbons (Fsp3) is 0.875. The zero-order valence-electron chi connectivity index (χ0n) is 7.92. The lowest BCUT2D eigenvalue weighted by Crippen LogP contribution is -2.53. The van der Waals surface area contributed by atoms with E-state index in [-0.39, 0.29) is 17.2 Å². The summed E-state index contributed by atoms with van der Waals surface area (Å²) < 4.78 is 5.29. The molecule has 6 heteroatoms. The molecule has 5 nitrogen and oxygen atoms in total. The lowest BCUT2D eigenvalue weighted by Gasteiger charge is -2.36. The first-order valence-electron chi connectivity index (χ1n) is 4.41. The number of carbonyl (C=O) groups is 1. The molecule has 0 aliphatic carbocycles. The van der Waals surface area contributed by atoms with Crippen molar-refractivity contribution in [1.29, 1.82) is 0 Å². The molecular weight excluding hydrogens is 206 g/mol. The van der Waals surface area contributed by atoms with Crippen LogP contribution in [0.2, 0.25) is 0 Å². The summed E-state index contributed by atoms with van der Waals surface area (Å²) in [5.41, 5.74) is 5.29. The lowest BCUT2D eigenvalue weighted by molar-refractivity contribution is -0.117. The van der Waals surface area contributed by atoms with Gasteiger partial charge >= 0.3 is 0 Å². The van der Waals surface area contributed by atoms with Crippen LogP contribution in [0.15, 0.2) is 0 Å². The Kier molecular flexibility index (Phi) is 4.33. The summed E-state index contributed by atoms with van der Waals surface area (Å²) in [5, 5.41) is 18.3. The molecule has 82 valence electrons. The van der Waals surface area contributed by atoms with Crippen molar-refractivity contribution in [1.82, 2.24) is 0 Å². The van der Waals surface area contributed by atoms with Crippen LogP contribution in [0.3, 0.4) is 0 Å². The molecule has 0 aromatic heterocycles. The first kappa shape index (κ1) is 11.9. The molecular formula is C8H15NO4S. The standard InChI is InChI=1S/C8H15NO4S/c1-4(11)14-7-2-5(9)8(12)6(3-10)13-7/h5-8,10,12H,2-3,9H2,1H3. The molecule has 1 saturated heterocycles. The van der Waals surface area contributed by atoms with E-state index in [0.717, 1.165) is 11.8 Å². The molecule has 0 saturated carbocycles. The summed E-state index contributed by atoms with van der Waals surface area (Å²) in [5.74, 6) is 0. The predicted molar refractivity (Wildman–Crippen MR) is 52.6 cm³/mol. The van der Waals surface area contributed by atoms with Crippen LogP contribution < -0.4 is 5.73 Å². The maximum Gasteiger partial charge on any atom is 0.188 e. The molecule has 4 unspecified atom stereocenters. The molecule has 4 atom stereocenters. The van der Waals surface area contributed by atoms with E-state index in [1.165, 1.54) is 6.92 Å². The van der Waals surface area contributed by atoms with Crippen LogP contribution in [-0.4, -0.2) is 45.6 Å². The number of aliphatic hydroxyl groups excluding tert-OH is 2. The molecule has 4 N–H and O–H groups in total. The number of nitrogens with two attached hydrogens (primary N) is 1.